The van der Waals surface area contributed by atoms with Crippen LogP contribution in [-0.2, 0) is 16.1 Å². The Morgan fingerprint density at radius 2 is 2.22 bits per heavy atom. The minimum absolute atomic E-state index is 0.0520. The number of nitrogens with zero attached hydrogens (tertiary/aromatic N) is 4. The smallest absolute Gasteiger partial charge is 0.325 e. The van der Waals surface area contributed by atoms with Crippen LogP contribution in [0.2, 0.25) is 0 Å². The summed E-state index contributed by atoms with van der Waals surface area (Å²) >= 11 is 0. The van der Waals surface area contributed by atoms with Crippen LogP contribution in [0.1, 0.15) is 26.7 Å². The molecule has 3 heterocycles. The van der Waals surface area contributed by atoms with Gasteiger partial charge in [-0.05, 0) is 32.8 Å². The highest BCUT2D eigenvalue weighted by atomic mass is 16.2. The van der Waals surface area contributed by atoms with Crippen LogP contribution in [0.5, 0.6) is 0 Å². The summed E-state index contributed by atoms with van der Waals surface area (Å²) in [5, 5.41) is 6.76. The topological polar surface area (TPSA) is 87.5 Å². The molecule has 0 aromatic carbocycles. The van der Waals surface area contributed by atoms with E-state index >= 15 is 0 Å². The van der Waals surface area contributed by atoms with Crippen LogP contribution in [0.3, 0.4) is 0 Å². The van der Waals surface area contributed by atoms with Crippen molar-refractivity contribution < 1.29 is 14.4 Å². The monoisotopic (exact) mass is 319 g/mol. The molecule has 8 heteroatoms. The second kappa shape index (κ2) is 5.68. The van der Waals surface area contributed by atoms with Gasteiger partial charge < -0.3 is 10.2 Å². The molecule has 8 nitrogen and oxygen atoms in total. The zero-order valence-electron chi connectivity index (χ0n) is 13.4. The summed E-state index contributed by atoms with van der Waals surface area (Å²) in [7, 11) is 0. The molecule has 0 radical (unpaired) electrons. The molecule has 1 N–H and O–H groups in total. The third-order valence-electron chi connectivity index (χ3n) is 4.39. The predicted molar refractivity (Wildman–Crippen MR) is 81.3 cm³/mol. The minimum Gasteiger partial charge on any atom is -0.336 e. The van der Waals surface area contributed by atoms with E-state index in [4.69, 9.17) is 0 Å². The fourth-order valence-electron chi connectivity index (χ4n) is 3.17. The normalized spacial score (nSPS) is 23.5. The molecule has 1 unspecified atom stereocenters. The molecule has 2 aliphatic heterocycles. The number of aromatic nitrogens is 2. The van der Waals surface area contributed by atoms with Crippen molar-refractivity contribution in [1.82, 2.24) is 24.9 Å². The van der Waals surface area contributed by atoms with Gasteiger partial charge in [0.1, 0.15) is 12.1 Å². The van der Waals surface area contributed by atoms with Gasteiger partial charge in [-0.15, -0.1) is 0 Å². The Balaban J connectivity index is 1.65. The lowest BCUT2D eigenvalue weighted by Crippen LogP contribution is -2.46. The maximum atomic E-state index is 12.6. The molecule has 4 amide bonds. The molecule has 2 fully saturated rings. The van der Waals surface area contributed by atoms with Gasteiger partial charge in [0.25, 0.3) is 5.91 Å². The van der Waals surface area contributed by atoms with Gasteiger partial charge in [-0.3, -0.25) is 19.2 Å². The molecular formula is C15H21N5O3. The second-order valence-corrected chi connectivity index (χ2v) is 6.56. The Kier molecular flexibility index (Phi) is 3.83. The third-order valence-corrected chi connectivity index (χ3v) is 4.39. The number of hydrogen-bond donors (Lipinski definition) is 1. The number of hydrogen-bond acceptors (Lipinski definition) is 4. The van der Waals surface area contributed by atoms with E-state index in [9.17, 15) is 14.4 Å². The van der Waals surface area contributed by atoms with Crippen LogP contribution in [0.15, 0.2) is 18.5 Å². The average Bonchev–Trinajstić information content (AvgIpc) is 3.18. The van der Waals surface area contributed by atoms with Crippen molar-refractivity contribution in [3.63, 3.8) is 0 Å². The van der Waals surface area contributed by atoms with Crippen molar-refractivity contribution in [2.45, 2.75) is 44.8 Å². The van der Waals surface area contributed by atoms with Gasteiger partial charge in [0.05, 0.1) is 12.6 Å². The number of urea groups is 1. The lowest BCUT2D eigenvalue weighted by molar-refractivity contribution is -0.139. The summed E-state index contributed by atoms with van der Waals surface area (Å²) in [4.78, 5) is 39.4. The molecule has 1 atom stereocenters. The maximum Gasteiger partial charge on any atom is 0.325 e. The predicted octanol–water partition coefficient (Wildman–Crippen LogP) is 0.205. The molecule has 1 aromatic rings. The fraction of sp³-hybridized carbons (Fsp3) is 0.600. The molecule has 0 aliphatic carbocycles. The summed E-state index contributed by atoms with van der Waals surface area (Å²) in [5.41, 5.74) is -0.948. The Bertz CT molecular complexity index is 625. The van der Waals surface area contributed by atoms with E-state index < -0.39 is 11.6 Å². The van der Waals surface area contributed by atoms with Crippen molar-refractivity contribution in [1.29, 1.82) is 0 Å². The Hall–Kier alpha value is -2.38. The molecule has 1 aromatic heterocycles. The van der Waals surface area contributed by atoms with Gasteiger partial charge in [0, 0.05) is 18.9 Å². The number of rotatable bonds is 4. The number of carbonyl (C=O) groups is 3. The average molecular weight is 319 g/mol. The van der Waals surface area contributed by atoms with Gasteiger partial charge in [0.2, 0.25) is 5.91 Å². The van der Waals surface area contributed by atoms with Crippen LogP contribution >= 0.6 is 0 Å². The highest BCUT2D eigenvalue weighted by Crippen LogP contribution is 2.21. The highest BCUT2D eigenvalue weighted by molar-refractivity contribution is 6.08. The van der Waals surface area contributed by atoms with Crippen molar-refractivity contribution in [3.05, 3.63) is 18.5 Å². The summed E-state index contributed by atoms with van der Waals surface area (Å²) in [5.74, 6) is -0.556. The maximum absolute atomic E-state index is 12.6. The zero-order chi connectivity index (χ0) is 16.6. The number of likely N-dealkylation sites (tertiary alicyclic amines) is 1. The first-order valence-electron chi connectivity index (χ1n) is 7.79. The van der Waals surface area contributed by atoms with E-state index in [0.717, 1.165) is 17.7 Å². The summed E-state index contributed by atoms with van der Waals surface area (Å²) in [6.45, 7) is 4.34. The van der Waals surface area contributed by atoms with Gasteiger partial charge >= 0.3 is 6.03 Å². The van der Waals surface area contributed by atoms with Gasteiger partial charge in [-0.25, -0.2) is 4.79 Å². The van der Waals surface area contributed by atoms with Gasteiger partial charge in [-0.1, -0.05) is 0 Å². The SMILES string of the molecule is CC1(C)NC(=O)N(CC(=O)N2CCCC2Cn2cccn2)C1=O. The number of nitrogens with one attached hydrogen (secondary N) is 1. The van der Waals surface area contributed by atoms with E-state index in [1.54, 1.807) is 29.6 Å². The molecule has 23 heavy (non-hydrogen) atoms. The van der Waals surface area contributed by atoms with Crippen molar-refractivity contribution in [2.75, 3.05) is 13.1 Å². The first kappa shape index (κ1) is 15.5. The number of carbonyl (C=O) groups excluding carboxylic acids is 3. The summed E-state index contributed by atoms with van der Waals surface area (Å²) in [6.07, 6.45) is 5.39. The molecule has 0 bridgehead atoms. The first-order valence-corrected chi connectivity index (χ1v) is 7.79. The quantitative estimate of drug-likeness (QED) is 0.803. The lowest BCUT2D eigenvalue weighted by atomic mass is 10.1. The molecule has 2 saturated heterocycles. The molecule has 3 rings (SSSR count). The van der Waals surface area contributed by atoms with Gasteiger partial charge in [-0.2, -0.15) is 5.10 Å². The zero-order valence-corrected chi connectivity index (χ0v) is 13.4. The third kappa shape index (κ3) is 2.93. The van der Waals surface area contributed by atoms with E-state index in [-0.39, 0.29) is 24.4 Å². The second-order valence-electron chi connectivity index (χ2n) is 6.56. The highest BCUT2D eigenvalue weighted by Gasteiger charge is 2.45. The minimum atomic E-state index is -0.948. The number of amides is 4. The standard InChI is InChI=1S/C15H21N5O3/c1-15(2)13(22)20(14(23)17-15)10-12(21)19-8-3-5-11(19)9-18-7-4-6-16-18/h4,6-7,11H,3,5,8-10H2,1-2H3,(H,17,23). The first-order chi connectivity index (χ1) is 10.9. The van der Waals surface area contributed by atoms with E-state index in [0.29, 0.717) is 13.1 Å². The Labute approximate surface area is 134 Å². The van der Waals surface area contributed by atoms with E-state index in [1.165, 1.54) is 0 Å². The number of imide groups is 1. The van der Waals surface area contributed by atoms with Gasteiger partial charge in [0.15, 0.2) is 0 Å². The Morgan fingerprint density at radius 1 is 1.43 bits per heavy atom. The molecule has 0 saturated carbocycles. The molecular weight excluding hydrogens is 298 g/mol. The molecule has 124 valence electrons. The fourth-order valence-corrected chi connectivity index (χ4v) is 3.17. The summed E-state index contributed by atoms with van der Waals surface area (Å²) < 4.78 is 1.80. The van der Waals surface area contributed by atoms with Crippen LogP contribution in [0.25, 0.3) is 0 Å². The van der Waals surface area contributed by atoms with Crippen LogP contribution in [0.4, 0.5) is 4.79 Å². The summed E-state index contributed by atoms with van der Waals surface area (Å²) in [6, 6.07) is 1.39. The van der Waals surface area contributed by atoms with Crippen LogP contribution in [-0.4, -0.2) is 62.1 Å². The van der Waals surface area contributed by atoms with Crippen LogP contribution in [0, 0.1) is 0 Å². The largest absolute Gasteiger partial charge is 0.336 e. The van der Waals surface area contributed by atoms with Crippen molar-refractivity contribution in [2.24, 2.45) is 0 Å². The lowest BCUT2D eigenvalue weighted by Gasteiger charge is -2.26. The Morgan fingerprint density at radius 3 is 2.83 bits per heavy atom. The van der Waals surface area contributed by atoms with Crippen molar-refractivity contribution >= 4 is 17.8 Å². The molecule has 2 aliphatic rings. The van der Waals surface area contributed by atoms with E-state index in [2.05, 4.69) is 10.4 Å². The van der Waals surface area contributed by atoms with Crippen molar-refractivity contribution in [3.8, 4) is 0 Å². The van der Waals surface area contributed by atoms with Crippen LogP contribution < -0.4 is 5.32 Å². The molecule has 0 spiro atoms. The van der Waals surface area contributed by atoms with E-state index in [1.807, 2.05) is 12.3 Å².